The molecule has 0 amide bonds. The van der Waals surface area contributed by atoms with E-state index in [0.29, 0.717) is 0 Å². The zero-order valence-corrected chi connectivity index (χ0v) is 8.92. The largest absolute Gasteiger partial charge is 0.693 e. The molecular formula is H10N4O4SZn-4. The summed E-state index contributed by atoms with van der Waals surface area (Å²) < 4.78 is 31.6. The van der Waals surface area contributed by atoms with E-state index in [1.54, 1.807) is 0 Å². The molecule has 66 valence electrons. The second kappa shape index (κ2) is 16.2. The average molecular weight is 228 g/mol. The quantitative estimate of drug-likeness (QED) is 0.470. The van der Waals surface area contributed by atoms with Crippen LogP contribution in [0, 0.1) is 0 Å². The van der Waals surface area contributed by atoms with Crippen LogP contribution in [0.3, 0.4) is 0 Å². The van der Waals surface area contributed by atoms with E-state index in [1.165, 1.54) is 0 Å². The van der Waals surface area contributed by atoms with Gasteiger partial charge < -0.3 is 24.6 Å². The minimum atomic E-state index is -4.67. The molecule has 0 aromatic rings. The summed E-state index contributed by atoms with van der Waals surface area (Å²) in [7, 11) is -4.67. The number of nitrogens with two attached hydrogens (primary N) is 4. The standard InChI is InChI=1S/4H2N.H2O4S.Zn/c;;;;1-5(2,3)4;/h4*1H2;(H2,1,2,3,4);/q4*-1;;. The van der Waals surface area contributed by atoms with Crippen molar-refractivity contribution >= 4 is 10.4 Å². The smallest absolute Gasteiger partial charge is 0.394 e. The first kappa shape index (κ1) is 47.9. The Labute approximate surface area is 72.4 Å². The van der Waals surface area contributed by atoms with E-state index in [4.69, 9.17) is 17.5 Å². The maximum Gasteiger partial charge on any atom is 0.394 e. The molecule has 0 aliphatic rings. The van der Waals surface area contributed by atoms with Crippen molar-refractivity contribution in [1.82, 2.24) is 0 Å². The van der Waals surface area contributed by atoms with Crippen molar-refractivity contribution in [2.24, 2.45) is 0 Å². The van der Waals surface area contributed by atoms with E-state index in [2.05, 4.69) is 0 Å². The summed E-state index contributed by atoms with van der Waals surface area (Å²) in [5.41, 5.74) is 0. The molecule has 0 aliphatic heterocycles. The van der Waals surface area contributed by atoms with Gasteiger partial charge in [-0.1, -0.05) is 0 Å². The molecule has 10 heteroatoms. The molecule has 10 heavy (non-hydrogen) atoms. The van der Waals surface area contributed by atoms with Crippen molar-refractivity contribution in [1.29, 1.82) is 0 Å². The molecule has 0 aliphatic carbocycles. The third-order valence-electron chi connectivity index (χ3n) is 0. The van der Waals surface area contributed by atoms with Crippen LogP contribution >= 0.6 is 0 Å². The summed E-state index contributed by atoms with van der Waals surface area (Å²) in [6.07, 6.45) is 0. The van der Waals surface area contributed by atoms with Gasteiger partial charge >= 0.3 is 10.4 Å². The van der Waals surface area contributed by atoms with Gasteiger partial charge in [-0.2, -0.15) is 8.42 Å². The third-order valence-corrected chi connectivity index (χ3v) is 0. The Hall–Kier alpha value is 0.333. The van der Waals surface area contributed by atoms with Crippen molar-refractivity contribution in [3.63, 3.8) is 0 Å². The summed E-state index contributed by atoms with van der Waals surface area (Å²) in [6.45, 7) is 0. The van der Waals surface area contributed by atoms with Crippen LogP contribution < -0.4 is 0 Å². The van der Waals surface area contributed by atoms with Gasteiger partial charge in [0.25, 0.3) is 0 Å². The second-order valence-corrected chi connectivity index (χ2v) is 1.34. The van der Waals surface area contributed by atoms with Gasteiger partial charge in [0.05, 0.1) is 0 Å². The zero-order valence-electron chi connectivity index (χ0n) is 5.14. The van der Waals surface area contributed by atoms with Crippen LogP contribution in [0.5, 0.6) is 0 Å². The first-order valence-corrected chi connectivity index (χ1v) is 2.10. The molecule has 0 bridgehead atoms. The molecular weight excluding hydrogens is 217 g/mol. The predicted molar refractivity (Wildman–Crippen MR) is 35.3 cm³/mol. The minimum absolute atomic E-state index is 0. The van der Waals surface area contributed by atoms with Crippen molar-refractivity contribution in [3.8, 4) is 0 Å². The molecule has 10 N–H and O–H groups in total. The minimum Gasteiger partial charge on any atom is -0.693 e. The van der Waals surface area contributed by atoms with Gasteiger partial charge in [-0.15, -0.1) is 0 Å². The molecule has 0 rings (SSSR count). The molecule has 0 aromatic carbocycles. The molecule has 0 heterocycles. The first-order chi connectivity index (χ1) is 2.00. The molecule has 0 radical (unpaired) electrons. The molecule has 0 atom stereocenters. The first-order valence-electron chi connectivity index (χ1n) is 0.698. The van der Waals surface area contributed by atoms with Crippen molar-refractivity contribution in [2.75, 3.05) is 0 Å². The van der Waals surface area contributed by atoms with E-state index in [1.807, 2.05) is 0 Å². The van der Waals surface area contributed by atoms with Crippen LogP contribution in [0.4, 0.5) is 0 Å². The molecule has 0 spiro atoms. The Morgan fingerprint density at radius 2 is 0.800 bits per heavy atom. The van der Waals surface area contributed by atoms with Crippen LogP contribution in [0.25, 0.3) is 24.6 Å². The fraction of sp³-hybridized carbons (Fsp3) is 0. The summed E-state index contributed by atoms with van der Waals surface area (Å²) in [4.78, 5) is 0. The van der Waals surface area contributed by atoms with Crippen LogP contribution in [-0.4, -0.2) is 17.5 Å². The van der Waals surface area contributed by atoms with Gasteiger partial charge in [0.1, 0.15) is 0 Å². The van der Waals surface area contributed by atoms with Crippen LogP contribution in [0.2, 0.25) is 0 Å². The number of hydrogen-bond acceptors (Lipinski definition) is 2. The van der Waals surface area contributed by atoms with E-state index in [9.17, 15) is 0 Å². The van der Waals surface area contributed by atoms with Crippen molar-refractivity contribution in [3.05, 3.63) is 24.6 Å². The Morgan fingerprint density at radius 3 is 0.800 bits per heavy atom. The summed E-state index contributed by atoms with van der Waals surface area (Å²) >= 11 is 0. The monoisotopic (exact) mass is 226 g/mol. The molecule has 0 unspecified atom stereocenters. The van der Waals surface area contributed by atoms with Gasteiger partial charge in [-0.05, 0) is 0 Å². The van der Waals surface area contributed by atoms with Crippen LogP contribution in [0.15, 0.2) is 0 Å². The van der Waals surface area contributed by atoms with E-state index in [-0.39, 0.29) is 44.1 Å². The molecule has 0 saturated heterocycles. The molecule has 0 saturated carbocycles. The summed E-state index contributed by atoms with van der Waals surface area (Å²) in [5, 5.41) is 0. The van der Waals surface area contributed by atoms with Gasteiger partial charge in [0.15, 0.2) is 0 Å². The van der Waals surface area contributed by atoms with Crippen LogP contribution in [-0.2, 0) is 29.9 Å². The Morgan fingerprint density at radius 1 is 0.800 bits per heavy atom. The third kappa shape index (κ3) is 4030. The number of rotatable bonds is 0. The van der Waals surface area contributed by atoms with Crippen molar-refractivity contribution < 1.29 is 37.0 Å². The normalized spacial score (nSPS) is 5.80. The van der Waals surface area contributed by atoms with E-state index < -0.39 is 10.4 Å². The summed E-state index contributed by atoms with van der Waals surface area (Å²) in [6, 6.07) is 0. The maximum absolute atomic E-state index is 8.74. The van der Waals surface area contributed by atoms with Crippen LogP contribution in [0.1, 0.15) is 0 Å². The fourth-order valence-electron chi connectivity index (χ4n) is 0. The Bertz CT molecular complexity index is 100. The maximum atomic E-state index is 8.74. The average Bonchev–Trinajstić information content (AvgIpc) is 0.722. The predicted octanol–water partition coefficient (Wildman–Crippen LogP) is 2.21. The van der Waals surface area contributed by atoms with Gasteiger partial charge in [0, 0.05) is 19.5 Å². The SMILES string of the molecule is O=S(=O)(O)O.[NH2-].[NH2-].[NH2-].[NH2-].[Zn]. The van der Waals surface area contributed by atoms with Gasteiger partial charge in [0.2, 0.25) is 0 Å². The number of hydrogen-bond donors (Lipinski definition) is 2. The van der Waals surface area contributed by atoms with Crippen molar-refractivity contribution in [2.45, 2.75) is 0 Å². The van der Waals surface area contributed by atoms with Gasteiger partial charge in [-0.3, -0.25) is 9.11 Å². The van der Waals surface area contributed by atoms with E-state index in [0.717, 1.165) is 0 Å². The summed E-state index contributed by atoms with van der Waals surface area (Å²) in [5.74, 6) is 0. The zero-order chi connectivity index (χ0) is 4.50. The van der Waals surface area contributed by atoms with Gasteiger partial charge in [-0.25, -0.2) is 0 Å². The molecule has 0 aromatic heterocycles. The Kier molecular flexibility index (Phi) is 77.5. The Balaban J connectivity index is -0.00000000800. The molecule has 8 nitrogen and oxygen atoms in total. The van der Waals surface area contributed by atoms with E-state index >= 15 is 0 Å². The second-order valence-electron chi connectivity index (χ2n) is 0.448. The topological polar surface area (TPSA) is 209 Å². The fourth-order valence-corrected chi connectivity index (χ4v) is 0. The molecule has 0 fully saturated rings.